The molecule has 1 aromatic rings. The zero-order chi connectivity index (χ0) is 15.5. The van der Waals surface area contributed by atoms with Gasteiger partial charge in [-0.3, -0.25) is 9.78 Å². The lowest BCUT2D eigenvalue weighted by Crippen LogP contribution is -2.43. The van der Waals surface area contributed by atoms with Crippen molar-refractivity contribution in [3.05, 3.63) is 35.8 Å². The summed E-state index contributed by atoms with van der Waals surface area (Å²) < 4.78 is 27.7. The third-order valence-corrected chi connectivity index (χ3v) is 3.36. The zero-order valence-corrected chi connectivity index (χ0v) is 11.3. The van der Waals surface area contributed by atoms with Crippen LogP contribution in [0.15, 0.2) is 24.5 Å². The molecule has 0 saturated heterocycles. The number of hydrogen-bond donors (Lipinski definition) is 1. The van der Waals surface area contributed by atoms with Gasteiger partial charge in [-0.05, 0) is 30.5 Å². The van der Waals surface area contributed by atoms with E-state index in [9.17, 15) is 13.6 Å². The van der Waals surface area contributed by atoms with Gasteiger partial charge in [-0.2, -0.15) is 5.26 Å². The molecule has 1 atom stereocenters. The van der Waals surface area contributed by atoms with Crippen molar-refractivity contribution in [3.8, 4) is 6.07 Å². The number of rotatable bonds is 6. The van der Waals surface area contributed by atoms with Crippen molar-refractivity contribution in [1.82, 2.24) is 10.3 Å². The van der Waals surface area contributed by atoms with Crippen molar-refractivity contribution < 1.29 is 13.6 Å². The Balaban J connectivity index is 1.90. The summed E-state index contributed by atoms with van der Waals surface area (Å²) >= 11 is 0. The molecule has 7 heteroatoms. The van der Waals surface area contributed by atoms with Crippen LogP contribution in [0, 0.1) is 11.3 Å². The van der Waals surface area contributed by atoms with Gasteiger partial charge in [-0.25, -0.2) is 8.78 Å². The largest absolute Gasteiger partial charge is 0.667 e. The van der Waals surface area contributed by atoms with Gasteiger partial charge in [0.05, 0.1) is 6.07 Å². The molecule has 1 saturated carbocycles. The van der Waals surface area contributed by atoms with Crippen molar-refractivity contribution in [2.45, 2.75) is 43.2 Å². The van der Waals surface area contributed by atoms with E-state index in [0.29, 0.717) is 18.4 Å². The number of alkyl halides is 2. The van der Waals surface area contributed by atoms with Crippen LogP contribution >= 0.6 is 0 Å². The number of halogens is 2. The Kier molecular flexibility index (Phi) is 4.19. The van der Waals surface area contributed by atoms with Gasteiger partial charge < -0.3 is 11.1 Å². The van der Waals surface area contributed by atoms with Crippen LogP contribution in [0.3, 0.4) is 0 Å². The highest BCUT2D eigenvalue weighted by Gasteiger charge is 2.45. The molecule has 1 aliphatic carbocycles. The number of amides is 1. The molecule has 21 heavy (non-hydrogen) atoms. The fraction of sp³-hybridized carbons (Fsp3) is 0.500. The third-order valence-electron chi connectivity index (χ3n) is 3.36. The molecule has 0 unspecified atom stereocenters. The maximum atomic E-state index is 13.9. The van der Waals surface area contributed by atoms with Crippen LogP contribution in [0.4, 0.5) is 8.78 Å². The van der Waals surface area contributed by atoms with E-state index >= 15 is 0 Å². The van der Waals surface area contributed by atoms with Crippen molar-refractivity contribution in [1.29, 1.82) is 5.26 Å². The van der Waals surface area contributed by atoms with Gasteiger partial charge in [0.15, 0.2) is 0 Å². The van der Waals surface area contributed by atoms with E-state index in [2.05, 4.69) is 10.3 Å². The zero-order valence-electron chi connectivity index (χ0n) is 11.3. The molecule has 0 spiro atoms. The summed E-state index contributed by atoms with van der Waals surface area (Å²) in [5.41, 5.74) is 7.04. The first-order valence-electron chi connectivity index (χ1n) is 6.57. The summed E-state index contributed by atoms with van der Waals surface area (Å²) in [4.78, 5) is 15.4. The minimum absolute atomic E-state index is 0.401. The number of nitriles is 1. The molecule has 0 bridgehead atoms. The maximum Gasteiger partial charge on any atom is 0.251 e. The Bertz CT molecular complexity index is 552. The van der Waals surface area contributed by atoms with Crippen LogP contribution in [0.5, 0.6) is 0 Å². The second-order valence-electron chi connectivity index (χ2n) is 5.33. The molecule has 0 aromatic carbocycles. The van der Waals surface area contributed by atoms with Gasteiger partial charge in [-0.1, -0.05) is 6.04 Å². The highest BCUT2D eigenvalue weighted by molar-refractivity contribution is 5.84. The van der Waals surface area contributed by atoms with Gasteiger partial charge in [0.2, 0.25) is 5.91 Å². The summed E-state index contributed by atoms with van der Waals surface area (Å²) in [5.74, 6) is -3.97. The quantitative estimate of drug-likeness (QED) is 0.872. The van der Waals surface area contributed by atoms with Gasteiger partial charge in [0, 0.05) is 25.2 Å². The molecular formula is C14H15F2N4O-. The Morgan fingerprint density at radius 2 is 2.14 bits per heavy atom. The Morgan fingerprint density at radius 3 is 2.67 bits per heavy atom. The van der Waals surface area contributed by atoms with E-state index in [4.69, 9.17) is 11.0 Å². The molecule has 1 aliphatic rings. The second-order valence-corrected chi connectivity index (χ2v) is 5.33. The Morgan fingerprint density at radius 1 is 1.52 bits per heavy atom. The lowest BCUT2D eigenvalue weighted by Gasteiger charge is -2.26. The Hall–Kier alpha value is -2.07. The first kappa shape index (κ1) is 15.3. The van der Waals surface area contributed by atoms with E-state index < -0.39 is 36.3 Å². The minimum Gasteiger partial charge on any atom is -0.667 e. The fourth-order valence-electron chi connectivity index (χ4n) is 1.98. The van der Waals surface area contributed by atoms with Gasteiger partial charge in [-0.15, -0.1) is 0 Å². The van der Waals surface area contributed by atoms with E-state index in [0.717, 1.165) is 0 Å². The Labute approximate surface area is 121 Å². The second kappa shape index (κ2) is 5.74. The average Bonchev–Trinajstić information content (AvgIpc) is 3.19. The lowest BCUT2D eigenvalue weighted by atomic mass is 10.0. The van der Waals surface area contributed by atoms with Crippen LogP contribution in [0.1, 0.15) is 24.8 Å². The average molecular weight is 293 g/mol. The first-order chi connectivity index (χ1) is 9.86. The number of nitrogens with zero attached hydrogens (tertiary/aromatic N) is 2. The highest BCUT2D eigenvalue weighted by atomic mass is 19.3. The monoisotopic (exact) mass is 293 g/mol. The number of carbonyl (C=O) groups is 1. The summed E-state index contributed by atoms with van der Waals surface area (Å²) in [6.07, 6.45) is 2.44. The summed E-state index contributed by atoms with van der Waals surface area (Å²) in [6, 6.07) is 3.29. The summed E-state index contributed by atoms with van der Waals surface area (Å²) in [6.45, 7) is 0. The number of carbonyl (C=O) groups excluding carboxylic acids is 1. The molecule has 1 aromatic heterocycles. The number of nitrogens with one attached hydrogen (secondary N) is 2. The fourth-order valence-corrected chi connectivity index (χ4v) is 1.98. The number of hydrogen-bond acceptors (Lipinski definition) is 3. The molecular weight excluding hydrogens is 278 g/mol. The predicted octanol–water partition coefficient (Wildman–Crippen LogP) is 2.24. The van der Waals surface area contributed by atoms with E-state index in [1.54, 1.807) is 0 Å². The van der Waals surface area contributed by atoms with Crippen molar-refractivity contribution >= 4 is 5.91 Å². The molecule has 2 N–H and O–H groups in total. The van der Waals surface area contributed by atoms with Gasteiger partial charge >= 0.3 is 0 Å². The van der Waals surface area contributed by atoms with E-state index in [1.807, 2.05) is 6.07 Å². The molecule has 5 nitrogen and oxygen atoms in total. The lowest BCUT2D eigenvalue weighted by molar-refractivity contribution is -0.124. The summed E-state index contributed by atoms with van der Waals surface area (Å²) in [5, 5.41) is 11.2. The first-order valence-corrected chi connectivity index (χ1v) is 6.57. The van der Waals surface area contributed by atoms with Crippen LogP contribution in [0.2, 0.25) is 0 Å². The van der Waals surface area contributed by atoms with Crippen molar-refractivity contribution in [2.24, 2.45) is 0 Å². The predicted molar refractivity (Wildman–Crippen MR) is 71.3 cm³/mol. The molecule has 0 aliphatic heterocycles. The highest BCUT2D eigenvalue weighted by Crippen LogP contribution is 2.35. The molecule has 1 amide bonds. The summed E-state index contributed by atoms with van der Waals surface area (Å²) in [7, 11) is 0. The molecule has 2 rings (SSSR count). The maximum absolute atomic E-state index is 13.9. The van der Waals surface area contributed by atoms with Crippen LogP contribution in [-0.2, 0) is 11.2 Å². The normalized spacial score (nSPS) is 17.6. The van der Waals surface area contributed by atoms with Crippen LogP contribution < -0.4 is 5.32 Å². The van der Waals surface area contributed by atoms with Gasteiger partial charge in [0.25, 0.3) is 5.92 Å². The van der Waals surface area contributed by atoms with E-state index in [1.165, 1.54) is 24.5 Å². The van der Waals surface area contributed by atoms with E-state index in [-0.39, 0.29) is 0 Å². The van der Waals surface area contributed by atoms with Crippen molar-refractivity contribution in [2.75, 3.05) is 0 Å². The van der Waals surface area contributed by atoms with Crippen LogP contribution in [-0.4, -0.2) is 28.4 Å². The topological polar surface area (TPSA) is 89.6 Å². The third kappa shape index (κ3) is 4.20. The smallest absolute Gasteiger partial charge is 0.251 e. The van der Waals surface area contributed by atoms with Crippen molar-refractivity contribution in [3.63, 3.8) is 0 Å². The number of pyridine rings is 1. The standard InChI is InChI=1S/C14H15F2N4O/c15-14(16,7-10-1-5-19-6-2-10)8-11(18)12(21)20-13(9-17)3-4-13/h1-2,5-6,11,18H,3-4,7-8H2,(H,20,21)/q-1/t11-/m0/s1. The van der Waals surface area contributed by atoms with Gasteiger partial charge in [0.1, 0.15) is 5.54 Å². The molecule has 1 heterocycles. The molecule has 1 fully saturated rings. The SMILES string of the molecule is N#CC1(NC(=O)[C@@H]([NH-])CC(F)(F)Cc2ccncc2)CC1. The minimum atomic E-state index is -3.16. The number of aromatic nitrogens is 1. The van der Waals surface area contributed by atoms with Crippen LogP contribution in [0.25, 0.3) is 5.73 Å². The molecule has 112 valence electrons. The molecule has 0 radical (unpaired) electrons.